The Bertz CT molecular complexity index is 782. The highest BCUT2D eigenvalue weighted by molar-refractivity contribution is 5.89. The van der Waals surface area contributed by atoms with E-state index in [9.17, 15) is 4.79 Å². The number of hydrogen-bond acceptors (Lipinski definition) is 4. The van der Waals surface area contributed by atoms with Crippen LogP contribution in [0.4, 0.5) is 10.5 Å². The Morgan fingerprint density at radius 1 is 1.19 bits per heavy atom. The van der Waals surface area contributed by atoms with Crippen molar-refractivity contribution in [3.8, 4) is 0 Å². The molecule has 138 valence electrons. The van der Waals surface area contributed by atoms with Crippen LogP contribution in [0.1, 0.15) is 16.7 Å². The van der Waals surface area contributed by atoms with E-state index >= 15 is 0 Å². The molecule has 7 heteroatoms. The molecule has 0 atom stereocenters. The lowest BCUT2D eigenvalue weighted by atomic mass is 10.1. The number of ether oxygens (including phenoxy) is 1. The van der Waals surface area contributed by atoms with E-state index in [1.165, 1.54) is 16.7 Å². The van der Waals surface area contributed by atoms with E-state index in [4.69, 9.17) is 4.74 Å². The van der Waals surface area contributed by atoms with Gasteiger partial charge < -0.3 is 15.0 Å². The highest BCUT2D eigenvalue weighted by atomic mass is 16.5. The first-order valence-electron chi connectivity index (χ1n) is 9.14. The van der Waals surface area contributed by atoms with E-state index in [1.807, 2.05) is 15.8 Å². The lowest BCUT2D eigenvalue weighted by Crippen LogP contribution is -2.38. The highest BCUT2D eigenvalue weighted by Gasteiger charge is 2.23. The van der Waals surface area contributed by atoms with Crippen molar-refractivity contribution in [2.24, 2.45) is 0 Å². The zero-order chi connectivity index (χ0) is 17.9. The van der Waals surface area contributed by atoms with Gasteiger partial charge in [-0.2, -0.15) is 5.10 Å². The molecule has 3 heterocycles. The van der Waals surface area contributed by atoms with Crippen molar-refractivity contribution in [3.05, 3.63) is 47.3 Å². The molecule has 0 unspecified atom stereocenters. The number of carbonyl (C=O) groups is 1. The number of anilines is 1. The normalized spacial score (nSPS) is 17.3. The second-order valence-corrected chi connectivity index (χ2v) is 7.00. The summed E-state index contributed by atoms with van der Waals surface area (Å²) in [5, 5.41) is 7.32. The third-order valence-corrected chi connectivity index (χ3v) is 5.00. The Morgan fingerprint density at radius 2 is 2.00 bits per heavy atom. The first-order valence-corrected chi connectivity index (χ1v) is 9.14. The van der Waals surface area contributed by atoms with E-state index in [2.05, 4.69) is 40.4 Å². The van der Waals surface area contributed by atoms with Gasteiger partial charge in [0.05, 0.1) is 31.6 Å². The Balaban J connectivity index is 1.29. The van der Waals surface area contributed by atoms with Gasteiger partial charge in [0.15, 0.2) is 0 Å². The topological polar surface area (TPSA) is 62.6 Å². The van der Waals surface area contributed by atoms with Crippen molar-refractivity contribution in [1.82, 2.24) is 19.6 Å². The molecule has 2 amide bonds. The van der Waals surface area contributed by atoms with Gasteiger partial charge in [0, 0.05) is 38.9 Å². The van der Waals surface area contributed by atoms with Crippen molar-refractivity contribution in [3.63, 3.8) is 0 Å². The molecule has 4 rings (SSSR count). The number of urea groups is 1. The standard InChI is InChI=1S/C19H25N5O2/c1-15-2-3-16-12-23(13-17(16)10-15)19(25)21-18-11-20-24(14-18)5-4-22-6-8-26-9-7-22/h2-3,10-11,14H,4-9,12-13H2,1H3,(H,21,25). The summed E-state index contributed by atoms with van der Waals surface area (Å²) in [5.74, 6) is 0. The molecule has 0 spiro atoms. The first kappa shape index (κ1) is 17.1. The van der Waals surface area contributed by atoms with Gasteiger partial charge in [-0.15, -0.1) is 0 Å². The number of nitrogens with zero attached hydrogens (tertiary/aromatic N) is 4. The molecule has 2 aliphatic rings. The first-order chi connectivity index (χ1) is 12.7. The molecule has 0 bridgehead atoms. The number of rotatable bonds is 4. The van der Waals surface area contributed by atoms with E-state index in [0.717, 1.165) is 45.1 Å². The highest BCUT2D eigenvalue weighted by Crippen LogP contribution is 2.24. The molecule has 0 radical (unpaired) electrons. The number of aryl methyl sites for hydroxylation is 1. The molecular weight excluding hydrogens is 330 g/mol. The molecule has 1 saturated heterocycles. The largest absolute Gasteiger partial charge is 0.379 e. The molecule has 2 aliphatic heterocycles. The maximum absolute atomic E-state index is 12.5. The van der Waals surface area contributed by atoms with Crippen LogP contribution in [0.25, 0.3) is 0 Å². The average Bonchev–Trinajstić information content (AvgIpc) is 3.27. The summed E-state index contributed by atoms with van der Waals surface area (Å²) in [6, 6.07) is 6.29. The fourth-order valence-electron chi connectivity index (χ4n) is 3.49. The predicted octanol–water partition coefficient (Wildman–Crippen LogP) is 2.07. The number of benzene rings is 1. The monoisotopic (exact) mass is 355 g/mol. The van der Waals surface area contributed by atoms with Gasteiger partial charge >= 0.3 is 6.03 Å². The van der Waals surface area contributed by atoms with E-state index in [1.54, 1.807) is 6.20 Å². The molecule has 1 fully saturated rings. The summed E-state index contributed by atoms with van der Waals surface area (Å²) in [5.41, 5.74) is 4.44. The van der Waals surface area contributed by atoms with Crippen molar-refractivity contribution in [1.29, 1.82) is 0 Å². The van der Waals surface area contributed by atoms with Crippen LogP contribution in [0.2, 0.25) is 0 Å². The Labute approximate surface area is 153 Å². The van der Waals surface area contributed by atoms with Crippen LogP contribution in [0.5, 0.6) is 0 Å². The number of amides is 2. The van der Waals surface area contributed by atoms with E-state index < -0.39 is 0 Å². The summed E-state index contributed by atoms with van der Waals surface area (Å²) in [6.07, 6.45) is 3.61. The molecule has 0 aliphatic carbocycles. The Hall–Kier alpha value is -2.38. The second-order valence-electron chi connectivity index (χ2n) is 7.00. The number of aromatic nitrogens is 2. The van der Waals surface area contributed by atoms with Gasteiger partial charge in [-0.3, -0.25) is 9.58 Å². The molecule has 0 saturated carbocycles. The third kappa shape index (κ3) is 3.89. The van der Waals surface area contributed by atoms with Crippen LogP contribution in [-0.4, -0.2) is 58.5 Å². The van der Waals surface area contributed by atoms with Crippen LogP contribution in [0.15, 0.2) is 30.6 Å². The van der Waals surface area contributed by atoms with Crippen molar-refractivity contribution < 1.29 is 9.53 Å². The number of nitrogens with one attached hydrogen (secondary N) is 1. The van der Waals surface area contributed by atoms with Crippen LogP contribution in [0, 0.1) is 6.92 Å². The van der Waals surface area contributed by atoms with Crippen LogP contribution >= 0.6 is 0 Å². The third-order valence-electron chi connectivity index (χ3n) is 5.00. The lowest BCUT2D eigenvalue weighted by Gasteiger charge is -2.26. The van der Waals surface area contributed by atoms with Gasteiger partial charge in [0.25, 0.3) is 0 Å². The zero-order valence-corrected chi connectivity index (χ0v) is 15.1. The van der Waals surface area contributed by atoms with Gasteiger partial charge in [0.1, 0.15) is 0 Å². The Kier molecular flexibility index (Phi) is 4.90. The summed E-state index contributed by atoms with van der Waals surface area (Å²) in [6.45, 7) is 8.70. The van der Waals surface area contributed by atoms with Crippen molar-refractivity contribution >= 4 is 11.7 Å². The minimum atomic E-state index is -0.0772. The number of hydrogen-bond donors (Lipinski definition) is 1. The molecule has 1 N–H and O–H groups in total. The van der Waals surface area contributed by atoms with Crippen LogP contribution in [-0.2, 0) is 24.4 Å². The molecule has 2 aromatic rings. The molecular formula is C19H25N5O2. The second kappa shape index (κ2) is 7.47. The van der Waals surface area contributed by atoms with Gasteiger partial charge in [0.2, 0.25) is 0 Å². The smallest absolute Gasteiger partial charge is 0.322 e. The van der Waals surface area contributed by atoms with Crippen molar-refractivity contribution in [2.75, 3.05) is 38.2 Å². The van der Waals surface area contributed by atoms with Gasteiger partial charge in [-0.05, 0) is 18.1 Å². The SMILES string of the molecule is Cc1ccc2c(c1)CN(C(=O)Nc1cnn(CCN3CCOCC3)c1)C2. The number of morpholine rings is 1. The molecule has 26 heavy (non-hydrogen) atoms. The van der Waals surface area contributed by atoms with Crippen molar-refractivity contribution in [2.45, 2.75) is 26.6 Å². The summed E-state index contributed by atoms with van der Waals surface area (Å²) < 4.78 is 7.24. The number of fused-ring (bicyclic) bond motifs is 1. The summed E-state index contributed by atoms with van der Waals surface area (Å²) in [7, 11) is 0. The lowest BCUT2D eigenvalue weighted by molar-refractivity contribution is 0.0360. The number of carbonyl (C=O) groups excluding carboxylic acids is 1. The summed E-state index contributed by atoms with van der Waals surface area (Å²) >= 11 is 0. The Morgan fingerprint density at radius 3 is 2.85 bits per heavy atom. The predicted molar refractivity (Wildman–Crippen MR) is 98.9 cm³/mol. The van der Waals surface area contributed by atoms with Crippen LogP contribution in [0.3, 0.4) is 0 Å². The molecule has 7 nitrogen and oxygen atoms in total. The van der Waals surface area contributed by atoms with Crippen LogP contribution < -0.4 is 5.32 Å². The van der Waals surface area contributed by atoms with Gasteiger partial charge in [-0.25, -0.2) is 4.79 Å². The quantitative estimate of drug-likeness (QED) is 0.912. The minimum Gasteiger partial charge on any atom is -0.379 e. The van der Waals surface area contributed by atoms with E-state index in [-0.39, 0.29) is 6.03 Å². The zero-order valence-electron chi connectivity index (χ0n) is 15.1. The average molecular weight is 355 g/mol. The maximum atomic E-state index is 12.5. The molecule has 1 aromatic heterocycles. The maximum Gasteiger partial charge on any atom is 0.322 e. The summed E-state index contributed by atoms with van der Waals surface area (Å²) in [4.78, 5) is 16.7. The fraction of sp³-hybridized carbons (Fsp3) is 0.474. The molecule has 1 aromatic carbocycles. The fourth-order valence-corrected chi connectivity index (χ4v) is 3.49. The van der Waals surface area contributed by atoms with Gasteiger partial charge in [-0.1, -0.05) is 23.8 Å². The van der Waals surface area contributed by atoms with E-state index in [0.29, 0.717) is 13.1 Å². The minimum absolute atomic E-state index is 0.0772.